The van der Waals surface area contributed by atoms with Gasteiger partial charge in [-0.05, 0) is 128 Å². The number of carbonyl (C=O) groups excluding carboxylic acids is 6. The third kappa shape index (κ3) is 12.7. The molecule has 0 spiro atoms. The van der Waals surface area contributed by atoms with Crippen molar-refractivity contribution in [3.63, 3.8) is 0 Å². The average Bonchev–Trinajstić information content (AvgIpc) is 4.29. The number of anilines is 3. The maximum Gasteiger partial charge on any atom is 0.415 e. The number of hydrogen-bond acceptors (Lipinski definition) is 12. The van der Waals surface area contributed by atoms with E-state index in [9.17, 15) is 28.8 Å². The molecule has 5 heterocycles. The summed E-state index contributed by atoms with van der Waals surface area (Å²) in [6.45, 7) is 6.51. The monoisotopic (exact) mass is 1090 g/mol. The number of carbonyl (C=O) groups is 6. The molecular formula is C55H62ClN11O9S. The summed E-state index contributed by atoms with van der Waals surface area (Å²) >= 11 is 8.05. The standard InChI is InChI=1S/C55H62ClN11O9S/c1-32-31-77-49-46(76-55(73)65(3)20-19-64(2)54(72)75-30-33-8-10-37(11-9-33)60-50(68)40(57)7-6-16-59-53(58)71)27-45-48(47(32)49)36(28-56)29-67(45)52(70)44-26-34-23-38(12-14-41(34)63-44)61-51(69)43-25-35-24-39(13-15-42(35)62-43)74-22-21-66-17-4-5-18-66/h8-15,23-27,31,36,40,62-63H,4-7,16-22,28-30,57H2,1-3H3,(H,60,68)(H,61,69)(H3,58,59,71)/t36-,40+/m1/s1. The summed E-state index contributed by atoms with van der Waals surface area (Å²) in [5, 5.41) is 12.6. The number of fused-ring (bicyclic) bond motifs is 5. The fourth-order valence-electron chi connectivity index (χ4n) is 9.58. The molecule has 7 aromatic rings. The van der Waals surface area contributed by atoms with Crippen LogP contribution in [0.3, 0.4) is 0 Å². The van der Waals surface area contributed by atoms with Gasteiger partial charge >= 0.3 is 18.2 Å². The van der Waals surface area contributed by atoms with Crippen molar-refractivity contribution in [2.75, 3.05) is 87.9 Å². The van der Waals surface area contributed by atoms with Crippen LogP contribution in [0.15, 0.2) is 84.2 Å². The second-order valence-electron chi connectivity index (χ2n) is 19.5. The summed E-state index contributed by atoms with van der Waals surface area (Å²) in [5.74, 6) is 0.0924. The number of nitrogens with zero attached hydrogens (tertiary/aromatic N) is 4. The Bertz CT molecular complexity index is 3330. The number of hydrogen-bond donors (Lipinski definition) is 7. The van der Waals surface area contributed by atoms with Gasteiger partial charge in [0.2, 0.25) is 5.91 Å². The molecule has 4 aromatic carbocycles. The van der Waals surface area contributed by atoms with Gasteiger partial charge in [-0.3, -0.25) is 19.3 Å². The molecule has 1 saturated heterocycles. The molecule has 0 radical (unpaired) electrons. The number of ether oxygens (including phenoxy) is 3. The summed E-state index contributed by atoms with van der Waals surface area (Å²) < 4.78 is 18.3. The molecule has 9 N–H and O–H groups in total. The van der Waals surface area contributed by atoms with Crippen molar-refractivity contribution in [2.45, 2.75) is 51.2 Å². The highest BCUT2D eigenvalue weighted by Crippen LogP contribution is 2.49. The lowest BCUT2D eigenvalue weighted by molar-refractivity contribution is -0.117. The van der Waals surface area contributed by atoms with Crippen molar-refractivity contribution < 1.29 is 43.0 Å². The Morgan fingerprint density at radius 3 is 2.29 bits per heavy atom. The number of aromatic nitrogens is 2. The van der Waals surface area contributed by atoms with Crippen LogP contribution in [0.4, 0.5) is 31.4 Å². The summed E-state index contributed by atoms with van der Waals surface area (Å²) in [6, 6.07) is 21.8. The number of likely N-dealkylation sites (tertiary alicyclic amines) is 1. The highest BCUT2D eigenvalue weighted by molar-refractivity contribution is 7.17. The van der Waals surface area contributed by atoms with Crippen molar-refractivity contribution in [3.05, 3.63) is 112 Å². The molecule has 404 valence electrons. The van der Waals surface area contributed by atoms with Crippen molar-refractivity contribution in [3.8, 4) is 11.5 Å². The molecule has 2 atom stereocenters. The van der Waals surface area contributed by atoms with Crippen LogP contribution in [-0.4, -0.2) is 139 Å². The van der Waals surface area contributed by atoms with Crippen LogP contribution < -0.4 is 41.8 Å². The number of nitrogens with two attached hydrogens (primary N) is 2. The fourth-order valence-corrected chi connectivity index (χ4v) is 10.9. The van der Waals surface area contributed by atoms with Gasteiger partial charge in [0.05, 0.1) is 16.4 Å². The highest BCUT2D eigenvalue weighted by atomic mass is 35.5. The first kappa shape index (κ1) is 54.0. The van der Waals surface area contributed by atoms with Gasteiger partial charge in [0.1, 0.15) is 30.4 Å². The lowest BCUT2D eigenvalue weighted by Crippen LogP contribution is -2.38. The number of benzene rings is 4. The van der Waals surface area contributed by atoms with Crippen molar-refractivity contribution in [1.82, 2.24) is 30.0 Å². The molecule has 22 heteroatoms. The van der Waals surface area contributed by atoms with Crippen LogP contribution in [0.1, 0.15) is 69.3 Å². The van der Waals surface area contributed by atoms with E-state index in [-0.39, 0.29) is 55.0 Å². The number of amides is 7. The lowest BCUT2D eigenvalue weighted by Gasteiger charge is -2.22. The SMILES string of the molecule is Cc1csc2c(OC(=O)N(C)CCN(C)C(=O)OCc3ccc(NC(=O)[C@@H](N)CCCNC(N)=O)cc3)cc3c(c12)[C@H](CCl)CN3C(=O)c1cc2cc(NC(=O)c3cc4cc(OCCN5CCCC5)ccc4[nH]3)ccc2[nH]1. The maximum absolute atomic E-state index is 14.5. The van der Waals surface area contributed by atoms with E-state index >= 15 is 0 Å². The van der Waals surface area contributed by atoms with Crippen molar-refractivity contribution in [1.29, 1.82) is 0 Å². The quantitative estimate of drug-likeness (QED) is 0.0282. The summed E-state index contributed by atoms with van der Waals surface area (Å²) in [7, 11) is 3.12. The van der Waals surface area contributed by atoms with Gasteiger partial charge in [0, 0.05) is 103 Å². The van der Waals surface area contributed by atoms with E-state index in [1.54, 1.807) is 67.5 Å². The van der Waals surface area contributed by atoms with Crippen molar-refractivity contribution >= 4 is 108 Å². The largest absolute Gasteiger partial charge is 0.492 e. The Morgan fingerprint density at radius 1 is 0.857 bits per heavy atom. The van der Waals surface area contributed by atoms with Crippen LogP contribution in [0, 0.1) is 6.92 Å². The molecule has 2 aliphatic heterocycles. The Hall–Kier alpha value is -7.85. The number of nitrogens with one attached hydrogen (secondary N) is 5. The third-order valence-electron chi connectivity index (χ3n) is 13.9. The smallest absolute Gasteiger partial charge is 0.415 e. The minimum atomic E-state index is -0.779. The Morgan fingerprint density at radius 2 is 1.55 bits per heavy atom. The first-order valence-corrected chi connectivity index (χ1v) is 26.9. The maximum atomic E-state index is 14.5. The first-order valence-electron chi connectivity index (χ1n) is 25.5. The molecule has 2 aliphatic rings. The van der Waals surface area contributed by atoms with Crippen LogP contribution in [0.25, 0.3) is 31.9 Å². The van der Waals surface area contributed by atoms with Crippen LogP contribution in [0.5, 0.6) is 11.5 Å². The Labute approximate surface area is 453 Å². The van der Waals surface area contributed by atoms with Gasteiger partial charge in [-0.25, -0.2) is 14.4 Å². The van der Waals surface area contributed by atoms with E-state index < -0.39 is 24.3 Å². The van der Waals surface area contributed by atoms with E-state index in [1.807, 2.05) is 42.6 Å². The molecule has 0 saturated carbocycles. The van der Waals surface area contributed by atoms with Crippen molar-refractivity contribution in [2.24, 2.45) is 11.5 Å². The second-order valence-corrected chi connectivity index (χ2v) is 20.6. The highest BCUT2D eigenvalue weighted by Gasteiger charge is 2.37. The van der Waals surface area contributed by atoms with Gasteiger partial charge < -0.3 is 66.3 Å². The zero-order valence-electron chi connectivity index (χ0n) is 43.0. The van der Waals surface area contributed by atoms with Gasteiger partial charge in [0.15, 0.2) is 5.75 Å². The zero-order chi connectivity index (χ0) is 54.3. The third-order valence-corrected chi connectivity index (χ3v) is 15.4. The number of aryl methyl sites for hydroxylation is 1. The van der Waals surface area contributed by atoms with Crippen LogP contribution >= 0.6 is 22.9 Å². The number of H-pyrrole nitrogens is 2. The number of rotatable bonds is 20. The zero-order valence-corrected chi connectivity index (χ0v) is 44.6. The molecule has 7 amide bonds. The van der Waals surface area contributed by atoms with Crippen LogP contribution in [-0.2, 0) is 16.1 Å². The van der Waals surface area contributed by atoms with Gasteiger partial charge in [-0.15, -0.1) is 22.9 Å². The lowest BCUT2D eigenvalue weighted by atomic mass is 9.97. The summed E-state index contributed by atoms with van der Waals surface area (Å²) in [6.07, 6.45) is 2.03. The predicted octanol–water partition coefficient (Wildman–Crippen LogP) is 8.30. The van der Waals surface area contributed by atoms with Gasteiger partial charge in [-0.2, -0.15) is 0 Å². The number of urea groups is 1. The molecule has 0 aliphatic carbocycles. The molecule has 0 bridgehead atoms. The topological polar surface area (TPSA) is 263 Å². The molecule has 0 unspecified atom stereocenters. The summed E-state index contributed by atoms with van der Waals surface area (Å²) in [4.78, 5) is 91.3. The normalized spacial score (nSPS) is 14.6. The average molecular weight is 1090 g/mol. The molecule has 1 fully saturated rings. The number of halogens is 1. The summed E-state index contributed by atoms with van der Waals surface area (Å²) in [5.41, 5.74) is 17.5. The van der Waals surface area contributed by atoms with E-state index in [4.69, 9.17) is 37.3 Å². The molecule has 9 rings (SSSR count). The first-order chi connectivity index (χ1) is 37.1. The van der Waals surface area contributed by atoms with Crippen LogP contribution in [0.2, 0.25) is 0 Å². The van der Waals surface area contributed by atoms with E-state index in [0.29, 0.717) is 72.1 Å². The predicted molar refractivity (Wildman–Crippen MR) is 299 cm³/mol. The molecule has 20 nitrogen and oxygen atoms in total. The second kappa shape index (κ2) is 24.0. The Balaban J connectivity index is 0.798. The minimum absolute atomic E-state index is 0.0363. The van der Waals surface area contributed by atoms with E-state index in [1.165, 1.54) is 34.0 Å². The van der Waals surface area contributed by atoms with Gasteiger partial charge in [0.25, 0.3) is 11.8 Å². The number of primary amides is 1. The number of alkyl halides is 1. The number of aromatic amines is 2. The number of thiophene rings is 1. The molecular weight excluding hydrogens is 1030 g/mol. The Kier molecular flexibility index (Phi) is 16.8. The fraction of sp³-hybridized carbons (Fsp3) is 0.345. The number of likely N-dealkylation sites (N-methyl/N-ethyl adjacent to an activating group) is 2. The van der Waals surface area contributed by atoms with E-state index in [2.05, 4.69) is 30.8 Å². The molecule has 77 heavy (non-hydrogen) atoms. The minimum Gasteiger partial charge on any atom is -0.492 e. The molecule has 3 aromatic heterocycles. The van der Waals surface area contributed by atoms with Gasteiger partial charge in [-0.1, -0.05) is 12.1 Å². The van der Waals surface area contributed by atoms with E-state index in [0.717, 1.165) is 62.9 Å².